The Labute approximate surface area is 567 Å². The van der Waals surface area contributed by atoms with E-state index < -0.39 is 36.7 Å². The van der Waals surface area contributed by atoms with Gasteiger partial charge in [-0.3, -0.25) is 0 Å². The average Bonchev–Trinajstić information content (AvgIpc) is 0.778. The van der Waals surface area contributed by atoms with Crippen LogP contribution in [0.5, 0.6) is 69.0 Å². The Hall–Kier alpha value is -10.1. The van der Waals surface area contributed by atoms with Gasteiger partial charge in [0.25, 0.3) is 0 Å². The van der Waals surface area contributed by atoms with Gasteiger partial charge < -0.3 is 54.3 Å². The molecule has 11 aromatic rings. The zero-order valence-electron chi connectivity index (χ0n) is 55.2. The van der Waals surface area contributed by atoms with Crippen molar-refractivity contribution >= 4 is 31.3 Å². The number of para-hydroxylation sites is 4. The fourth-order valence-corrected chi connectivity index (χ4v) is 15.2. The molecule has 16 nitrogen and oxygen atoms in total. The van der Waals surface area contributed by atoms with Gasteiger partial charge >= 0.3 is 31.3 Å². The number of phosphoric ester groups is 4. The summed E-state index contributed by atoms with van der Waals surface area (Å²) in [4.78, 5) is 0. The second kappa shape index (κ2) is 30.8. The van der Waals surface area contributed by atoms with Crippen molar-refractivity contribution in [3.63, 3.8) is 0 Å². The molecule has 0 bridgehead atoms. The minimum absolute atomic E-state index is 0.166. The maximum Gasteiger partial charge on any atom is 0.647 e. The first kappa shape index (κ1) is 69.8. The summed E-state index contributed by atoms with van der Waals surface area (Å²) in [7, 11) is -16.8. The van der Waals surface area contributed by atoms with Crippen LogP contribution in [0, 0.1) is 55.4 Å². The molecule has 0 atom stereocenters. The summed E-state index contributed by atoms with van der Waals surface area (Å²) < 4.78 is 126. The fourth-order valence-electron chi connectivity index (χ4n) is 10.2. The van der Waals surface area contributed by atoms with Crippen molar-refractivity contribution in [2.45, 2.75) is 74.7 Å². The normalized spacial score (nSPS) is 11.6. The number of hydrogen-bond donors (Lipinski definition) is 0. The van der Waals surface area contributed by atoms with Crippen LogP contribution < -0.4 is 54.3 Å². The first-order valence-corrected chi connectivity index (χ1v) is 36.7. The number of aryl methyl sites for hydroxylation is 8. The monoisotopic (exact) mass is 1380 g/mol. The van der Waals surface area contributed by atoms with E-state index in [1.807, 2.05) is 128 Å². The number of rotatable bonds is 26. The molecule has 0 heterocycles. The van der Waals surface area contributed by atoms with Gasteiger partial charge in [0.2, 0.25) is 0 Å². The van der Waals surface area contributed by atoms with Gasteiger partial charge in [0.15, 0.2) is 0 Å². The van der Waals surface area contributed by atoms with Crippen LogP contribution in [0.25, 0.3) is 0 Å². The van der Waals surface area contributed by atoms with Gasteiger partial charge in [-0.25, -0.2) is 0 Å². The molecule has 0 N–H and O–H groups in total. The Kier molecular flexibility index (Phi) is 22.1. The summed E-state index contributed by atoms with van der Waals surface area (Å²) in [6.07, 6.45) is 0. The molecule has 0 spiro atoms. The maximum absolute atomic E-state index is 14.2. The predicted molar refractivity (Wildman–Crippen MR) is 379 cm³/mol. The van der Waals surface area contributed by atoms with Crippen LogP contribution in [0.1, 0.15) is 69.5 Å². The largest absolute Gasteiger partial charge is 0.647 e. The van der Waals surface area contributed by atoms with E-state index in [9.17, 15) is 18.3 Å². The van der Waals surface area contributed by atoms with Crippen molar-refractivity contribution < 1.29 is 72.5 Å². The Morgan fingerprint density at radius 1 is 0.196 bits per heavy atom. The van der Waals surface area contributed by atoms with Crippen LogP contribution in [-0.2, 0) is 23.7 Å². The first-order valence-electron chi connectivity index (χ1n) is 30.9. The topological polar surface area (TPSA) is 179 Å². The minimum atomic E-state index is -4.28. The lowest BCUT2D eigenvalue weighted by Gasteiger charge is -2.27. The van der Waals surface area contributed by atoms with E-state index in [2.05, 4.69) is 13.8 Å². The molecule has 11 rings (SSSR count). The summed E-state index contributed by atoms with van der Waals surface area (Å²) in [6, 6.07) is 77.4. The molecule has 97 heavy (non-hydrogen) atoms. The molecular formula is C77H74O16P4. The summed E-state index contributed by atoms with van der Waals surface area (Å²) in [5.41, 5.74) is 8.90. The number of benzene rings is 11. The van der Waals surface area contributed by atoms with E-state index in [4.69, 9.17) is 54.3 Å². The van der Waals surface area contributed by atoms with Crippen molar-refractivity contribution in [1.29, 1.82) is 0 Å². The zero-order valence-corrected chi connectivity index (χ0v) is 58.8. The van der Waals surface area contributed by atoms with Crippen molar-refractivity contribution in [3.8, 4) is 69.0 Å². The Morgan fingerprint density at radius 2 is 0.340 bits per heavy atom. The van der Waals surface area contributed by atoms with Crippen LogP contribution >= 0.6 is 31.3 Å². The van der Waals surface area contributed by atoms with Crippen LogP contribution in [0.15, 0.2) is 267 Å². The molecule has 0 saturated heterocycles. The highest BCUT2D eigenvalue weighted by molar-refractivity contribution is 7.50. The van der Waals surface area contributed by atoms with Crippen LogP contribution in [0.2, 0.25) is 0 Å². The second-order valence-electron chi connectivity index (χ2n) is 23.6. The quantitative estimate of drug-likeness (QED) is 0.0467. The third-order valence-electron chi connectivity index (χ3n) is 14.3. The van der Waals surface area contributed by atoms with Gasteiger partial charge in [-0.1, -0.05) is 135 Å². The molecule has 0 amide bonds. The van der Waals surface area contributed by atoms with Gasteiger partial charge in [-0.15, -0.1) is 0 Å². The standard InChI is InChI=1S/C39H34O8P2.C38H40O8P2/c1-39(2,31-23-27-37(28-24-31)46-48(40,42-33-15-7-3-8-16-33)43-34-17-9-4-10-18-34)32-25-29-38(30-26-32)47-49(41,44-35-19-11-5-12-20-35)45-36-21-13-6-14-22-36;1-25-13-26(2)18-35(17-25)43-47(39,44-36-19-27(3)14-28(4)20-36)41-33-9-11-34(12-10-33)42-48(40,45-37-21-29(5)15-30(6)22-37)46-38-23-31(7)16-32(8)24-38/h3-30H,1-2H3;9-24H,1-8H3. The van der Waals surface area contributed by atoms with E-state index in [1.165, 1.54) is 24.3 Å². The lowest BCUT2D eigenvalue weighted by molar-refractivity contribution is 0.293. The fraction of sp³-hybridized carbons (Fsp3) is 0.143. The third kappa shape index (κ3) is 20.5. The van der Waals surface area contributed by atoms with E-state index >= 15 is 0 Å². The van der Waals surface area contributed by atoms with E-state index in [-0.39, 0.29) is 11.5 Å². The smallest absolute Gasteiger partial charge is 0.386 e. The molecule has 0 aliphatic rings. The van der Waals surface area contributed by atoms with E-state index in [0.29, 0.717) is 57.5 Å². The van der Waals surface area contributed by atoms with Gasteiger partial charge in [-0.2, -0.15) is 18.3 Å². The van der Waals surface area contributed by atoms with Gasteiger partial charge in [0.05, 0.1) is 0 Å². The number of hydrogen-bond acceptors (Lipinski definition) is 16. The maximum atomic E-state index is 14.2. The lowest BCUT2D eigenvalue weighted by atomic mass is 9.78. The summed E-state index contributed by atoms with van der Waals surface area (Å²) in [6.45, 7) is 19.5. The van der Waals surface area contributed by atoms with Gasteiger partial charge in [0, 0.05) is 5.41 Å². The molecule has 11 aromatic carbocycles. The molecule has 20 heteroatoms. The molecule has 0 saturated carbocycles. The highest BCUT2D eigenvalue weighted by Crippen LogP contribution is 2.55. The minimum Gasteiger partial charge on any atom is -0.386 e. The zero-order chi connectivity index (χ0) is 68.8. The molecule has 0 unspecified atom stereocenters. The van der Waals surface area contributed by atoms with E-state index in [1.54, 1.807) is 170 Å². The molecule has 0 fully saturated rings. The molecule has 498 valence electrons. The molecule has 0 aromatic heterocycles. The summed E-state index contributed by atoms with van der Waals surface area (Å²) in [5.74, 6) is 3.71. The van der Waals surface area contributed by atoms with Crippen LogP contribution in [0.4, 0.5) is 0 Å². The highest BCUT2D eigenvalue weighted by Gasteiger charge is 2.38. The molecule has 0 aliphatic carbocycles. The lowest BCUT2D eigenvalue weighted by Crippen LogP contribution is -2.18. The molecular weight excluding hydrogens is 1300 g/mol. The Morgan fingerprint density at radius 3 is 0.515 bits per heavy atom. The van der Waals surface area contributed by atoms with Crippen LogP contribution in [-0.4, -0.2) is 0 Å². The highest BCUT2D eigenvalue weighted by atomic mass is 31.2. The second-order valence-corrected chi connectivity index (χ2v) is 29.3. The third-order valence-corrected chi connectivity index (χ3v) is 19.5. The summed E-state index contributed by atoms with van der Waals surface area (Å²) in [5, 5.41) is 0. The van der Waals surface area contributed by atoms with Crippen molar-refractivity contribution in [3.05, 3.63) is 323 Å². The van der Waals surface area contributed by atoms with Crippen molar-refractivity contribution in [1.82, 2.24) is 0 Å². The van der Waals surface area contributed by atoms with Crippen molar-refractivity contribution in [2.24, 2.45) is 0 Å². The SMILES string of the molecule is CC(C)(c1ccc(OP(=O)(Oc2ccccc2)Oc2ccccc2)cc1)c1ccc(OP(=O)(Oc2ccccc2)Oc2ccccc2)cc1.Cc1cc(C)cc(OP(=O)(Oc2ccc(OP(=O)(Oc3cc(C)cc(C)c3)Oc3cc(C)cc(C)c3)cc2)Oc2cc(C)cc(C)c2)c1. The first-order chi connectivity index (χ1) is 46.3. The molecule has 0 aliphatic heterocycles. The summed E-state index contributed by atoms with van der Waals surface area (Å²) >= 11 is 0. The van der Waals surface area contributed by atoms with Gasteiger partial charge in [0.1, 0.15) is 69.0 Å². The van der Waals surface area contributed by atoms with E-state index in [0.717, 1.165) is 55.6 Å². The van der Waals surface area contributed by atoms with Crippen molar-refractivity contribution in [2.75, 3.05) is 0 Å². The Bertz CT molecular complexity index is 4070. The predicted octanol–water partition coefficient (Wildman–Crippen LogP) is 22.7. The Balaban J connectivity index is 0.000000211. The molecule has 0 radical (unpaired) electrons. The average molecular weight is 1380 g/mol. The van der Waals surface area contributed by atoms with Crippen LogP contribution in [0.3, 0.4) is 0 Å². The van der Waals surface area contributed by atoms with Gasteiger partial charge in [-0.05, 0) is 257 Å². The number of phosphoric acid groups is 4.